The molecule has 1 saturated heterocycles. The highest BCUT2D eigenvalue weighted by Gasteiger charge is 2.30. The first-order valence-corrected chi connectivity index (χ1v) is 11.5. The van der Waals surface area contributed by atoms with Crippen LogP contribution in [0.4, 0.5) is 10.2 Å². The molecule has 1 amide bonds. The summed E-state index contributed by atoms with van der Waals surface area (Å²) >= 11 is 0. The van der Waals surface area contributed by atoms with Crippen LogP contribution < -0.4 is 4.90 Å². The minimum absolute atomic E-state index is 0.0359. The summed E-state index contributed by atoms with van der Waals surface area (Å²) in [7, 11) is 0. The molecule has 4 rings (SSSR count). The summed E-state index contributed by atoms with van der Waals surface area (Å²) in [5.41, 5.74) is 1.47. The van der Waals surface area contributed by atoms with Gasteiger partial charge in [0, 0.05) is 31.6 Å². The number of hydrogen-bond acceptors (Lipinski definition) is 6. The maximum absolute atomic E-state index is 14.6. The van der Waals surface area contributed by atoms with Crippen molar-refractivity contribution in [3.63, 3.8) is 0 Å². The second-order valence-electron chi connectivity index (χ2n) is 10.1. The van der Waals surface area contributed by atoms with Crippen molar-refractivity contribution in [3.05, 3.63) is 47.8 Å². The molecule has 0 aliphatic carbocycles. The zero-order chi connectivity index (χ0) is 24.6. The van der Waals surface area contributed by atoms with Crippen LogP contribution in [-0.2, 0) is 4.79 Å². The molecule has 34 heavy (non-hydrogen) atoms. The maximum atomic E-state index is 14.6. The van der Waals surface area contributed by atoms with Crippen molar-refractivity contribution in [3.8, 4) is 17.1 Å². The summed E-state index contributed by atoms with van der Waals surface area (Å²) in [5.74, 6) is -0.329. The number of carbonyl (C=O) groups excluding carboxylic acids is 1. The van der Waals surface area contributed by atoms with E-state index >= 15 is 0 Å². The summed E-state index contributed by atoms with van der Waals surface area (Å²) in [4.78, 5) is 25.7. The van der Waals surface area contributed by atoms with Gasteiger partial charge in [0.25, 0.3) is 5.91 Å². The molecule has 1 aliphatic rings. The fourth-order valence-electron chi connectivity index (χ4n) is 4.33. The van der Waals surface area contributed by atoms with E-state index in [0.717, 1.165) is 10.9 Å². The normalized spacial score (nSPS) is 15.6. The number of phenolic OH excluding ortho intramolecular Hbond substituents is 1. The average molecular weight is 467 g/mol. The molecular formula is C26H31FN4O3. The molecule has 0 radical (unpaired) electrons. The Morgan fingerprint density at radius 1 is 1.12 bits per heavy atom. The Hall–Kier alpha value is -3.26. The van der Waals surface area contributed by atoms with Crippen LogP contribution in [0.3, 0.4) is 0 Å². The molecule has 1 unspecified atom stereocenters. The van der Waals surface area contributed by atoms with E-state index in [0.29, 0.717) is 43.9 Å². The molecule has 2 N–H and O–H groups in total. The number of anilines is 1. The van der Waals surface area contributed by atoms with Gasteiger partial charge in [-0.1, -0.05) is 32.9 Å². The van der Waals surface area contributed by atoms with Crippen LogP contribution in [0.5, 0.6) is 5.75 Å². The van der Waals surface area contributed by atoms with Crippen LogP contribution in [-0.4, -0.2) is 63.3 Å². The van der Waals surface area contributed by atoms with Gasteiger partial charge >= 0.3 is 0 Å². The summed E-state index contributed by atoms with van der Waals surface area (Å²) in [6, 6.07) is 9.93. The Bertz CT molecular complexity index is 1200. The van der Waals surface area contributed by atoms with Gasteiger partial charge in [-0.25, -0.2) is 14.4 Å². The minimum Gasteiger partial charge on any atom is -0.507 e. The van der Waals surface area contributed by atoms with Crippen molar-refractivity contribution >= 4 is 22.6 Å². The number of piperazine rings is 1. The Morgan fingerprint density at radius 2 is 1.82 bits per heavy atom. The molecule has 2 heterocycles. The topological polar surface area (TPSA) is 89.8 Å². The fourth-order valence-corrected chi connectivity index (χ4v) is 4.33. The van der Waals surface area contributed by atoms with Gasteiger partial charge in [-0.05, 0) is 48.6 Å². The number of rotatable bonds is 4. The number of carbonyl (C=O) groups is 1. The largest absolute Gasteiger partial charge is 0.507 e. The van der Waals surface area contributed by atoms with Crippen LogP contribution in [0, 0.1) is 18.2 Å². The molecule has 2 aromatic carbocycles. The van der Waals surface area contributed by atoms with Crippen molar-refractivity contribution in [1.29, 1.82) is 0 Å². The van der Waals surface area contributed by atoms with E-state index in [-0.39, 0.29) is 28.5 Å². The zero-order valence-corrected chi connectivity index (χ0v) is 20.0. The van der Waals surface area contributed by atoms with Gasteiger partial charge in [-0.3, -0.25) is 4.79 Å². The van der Waals surface area contributed by atoms with Gasteiger partial charge in [-0.15, -0.1) is 0 Å². The predicted octanol–water partition coefficient (Wildman–Crippen LogP) is 3.90. The SMILES string of the molecule is Cc1ccc2c(N3CCN(C(=O)C(O)CC(C)(C)C)CC3)nc(-c3c(O)cccc3F)nc2c1. The molecular weight excluding hydrogens is 435 g/mol. The number of aromatic hydroxyl groups is 1. The Morgan fingerprint density at radius 3 is 2.47 bits per heavy atom. The maximum Gasteiger partial charge on any atom is 0.251 e. The number of aryl methyl sites for hydroxylation is 1. The minimum atomic E-state index is -1.02. The van der Waals surface area contributed by atoms with Crippen LogP contribution >= 0.6 is 0 Å². The monoisotopic (exact) mass is 466 g/mol. The van der Waals surface area contributed by atoms with Gasteiger partial charge in [-0.2, -0.15) is 0 Å². The van der Waals surface area contributed by atoms with Crippen LogP contribution in [0.25, 0.3) is 22.3 Å². The number of fused-ring (bicyclic) bond motifs is 1. The van der Waals surface area contributed by atoms with E-state index in [2.05, 4.69) is 9.97 Å². The first kappa shape index (κ1) is 23.9. The van der Waals surface area contributed by atoms with E-state index in [4.69, 9.17) is 0 Å². The fraction of sp³-hybridized carbons (Fsp3) is 0.423. The van der Waals surface area contributed by atoms with E-state index < -0.39 is 11.9 Å². The lowest BCUT2D eigenvalue weighted by molar-refractivity contribution is -0.142. The number of hydrogen-bond donors (Lipinski definition) is 2. The highest BCUT2D eigenvalue weighted by Crippen LogP contribution is 2.34. The molecule has 1 aromatic heterocycles. The van der Waals surface area contributed by atoms with Gasteiger partial charge in [0.1, 0.15) is 23.5 Å². The molecule has 3 aromatic rings. The molecule has 1 aliphatic heterocycles. The molecule has 1 atom stereocenters. The summed E-state index contributed by atoms with van der Waals surface area (Å²) < 4.78 is 14.6. The lowest BCUT2D eigenvalue weighted by Crippen LogP contribution is -2.52. The molecule has 8 heteroatoms. The predicted molar refractivity (Wildman–Crippen MR) is 130 cm³/mol. The second kappa shape index (κ2) is 9.18. The highest BCUT2D eigenvalue weighted by atomic mass is 19.1. The van der Waals surface area contributed by atoms with Gasteiger partial charge in [0.15, 0.2) is 5.82 Å². The number of amides is 1. The first-order valence-electron chi connectivity index (χ1n) is 11.5. The quantitative estimate of drug-likeness (QED) is 0.606. The van der Waals surface area contributed by atoms with Crippen molar-refractivity contribution in [1.82, 2.24) is 14.9 Å². The number of halogens is 1. The Kier molecular flexibility index (Phi) is 6.45. The second-order valence-corrected chi connectivity index (χ2v) is 10.1. The number of aromatic nitrogens is 2. The number of phenols is 1. The lowest BCUT2D eigenvalue weighted by Gasteiger charge is -2.37. The molecule has 1 fully saturated rings. The van der Waals surface area contributed by atoms with E-state index in [9.17, 15) is 19.4 Å². The molecule has 0 bridgehead atoms. The zero-order valence-electron chi connectivity index (χ0n) is 20.0. The number of aliphatic hydroxyl groups is 1. The Labute approximate surface area is 198 Å². The highest BCUT2D eigenvalue weighted by molar-refractivity contribution is 5.92. The smallest absolute Gasteiger partial charge is 0.251 e. The lowest BCUT2D eigenvalue weighted by atomic mass is 9.89. The summed E-state index contributed by atoms with van der Waals surface area (Å²) in [6.45, 7) is 9.84. The van der Waals surface area contributed by atoms with Crippen molar-refractivity contribution in [2.45, 2.75) is 40.2 Å². The van der Waals surface area contributed by atoms with Crippen molar-refractivity contribution in [2.24, 2.45) is 5.41 Å². The average Bonchev–Trinajstić information content (AvgIpc) is 2.76. The number of benzene rings is 2. The number of aliphatic hydroxyl groups excluding tert-OH is 1. The van der Waals surface area contributed by atoms with Gasteiger partial charge < -0.3 is 20.0 Å². The Balaban J connectivity index is 1.64. The van der Waals surface area contributed by atoms with Gasteiger partial charge in [0.2, 0.25) is 0 Å². The molecule has 180 valence electrons. The van der Waals surface area contributed by atoms with Crippen molar-refractivity contribution in [2.75, 3.05) is 31.1 Å². The summed E-state index contributed by atoms with van der Waals surface area (Å²) in [6.07, 6.45) is -0.623. The molecule has 7 nitrogen and oxygen atoms in total. The van der Waals surface area contributed by atoms with Gasteiger partial charge in [0.05, 0.1) is 11.1 Å². The van der Waals surface area contributed by atoms with Crippen LogP contribution in [0.2, 0.25) is 0 Å². The van der Waals surface area contributed by atoms with Crippen molar-refractivity contribution < 1.29 is 19.4 Å². The van der Waals surface area contributed by atoms with E-state index in [1.165, 1.54) is 18.2 Å². The third-order valence-electron chi connectivity index (χ3n) is 6.03. The first-order chi connectivity index (χ1) is 16.0. The van der Waals surface area contributed by atoms with E-state index in [1.807, 2.05) is 50.8 Å². The summed E-state index contributed by atoms with van der Waals surface area (Å²) in [5, 5.41) is 21.5. The third kappa shape index (κ3) is 4.97. The third-order valence-corrected chi connectivity index (χ3v) is 6.03. The number of nitrogens with zero attached hydrogens (tertiary/aromatic N) is 4. The van der Waals surface area contributed by atoms with Crippen LogP contribution in [0.15, 0.2) is 36.4 Å². The molecule has 0 spiro atoms. The van der Waals surface area contributed by atoms with E-state index in [1.54, 1.807) is 4.90 Å². The molecule has 0 saturated carbocycles. The standard InChI is InChI=1S/C26H31FN4O3/c1-16-8-9-17-19(14-16)28-23(22-18(27)6-5-7-20(22)32)29-24(17)30-10-12-31(13-11-30)25(34)21(33)15-26(2,3)4/h5-9,14,21,32-33H,10-13,15H2,1-4H3. The van der Waals surface area contributed by atoms with Crippen LogP contribution in [0.1, 0.15) is 32.8 Å².